The van der Waals surface area contributed by atoms with E-state index in [1.165, 1.54) is 13.8 Å². The summed E-state index contributed by atoms with van der Waals surface area (Å²) in [5, 5.41) is 27.7. The van der Waals surface area contributed by atoms with Gasteiger partial charge in [0.15, 0.2) is 6.10 Å². The second kappa shape index (κ2) is 6.92. The lowest BCUT2D eigenvalue weighted by molar-refractivity contribution is -0.192. The summed E-state index contributed by atoms with van der Waals surface area (Å²) in [5.74, 6) is -4.27. The van der Waals surface area contributed by atoms with Gasteiger partial charge in [0.1, 0.15) is 0 Å². The topological polar surface area (TPSA) is 130 Å². The van der Waals surface area contributed by atoms with Gasteiger partial charge in [0.2, 0.25) is 5.60 Å². The number of hydrogen-bond donors (Lipinski definition) is 3. The number of esters is 2. The molecule has 0 bridgehead atoms. The number of carbonyl (C=O) groups excluding carboxylic acids is 2. The van der Waals surface area contributed by atoms with Crippen LogP contribution in [0.15, 0.2) is 0 Å². The smallest absolute Gasteiger partial charge is 0.342 e. The number of aliphatic hydroxyl groups is 2. The van der Waals surface area contributed by atoms with Crippen molar-refractivity contribution in [2.45, 2.75) is 32.0 Å². The maximum Gasteiger partial charge on any atom is 0.342 e. The lowest BCUT2D eigenvalue weighted by Crippen LogP contribution is -2.55. The van der Waals surface area contributed by atoms with Gasteiger partial charge in [-0.15, -0.1) is 0 Å². The van der Waals surface area contributed by atoms with Crippen LogP contribution in [0.25, 0.3) is 0 Å². The lowest BCUT2D eigenvalue weighted by atomic mass is 9.92. The number of aliphatic hydroxyl groups excluding tert-OH is 1. The molecule has 0 spiro atoms. The van der Waals surface area contributed by atoms with Crippen LogP contribution in [0.3, 0.4) is 0 Å². The van der Waals surface area contributed by atoms with Crippen LogP contribution in [0.4, 0.5) is 0 Å². The Labute approximate surface area is 103 Å². The van der Waals surface area contributed by atoms with Gasteiger partial charge in [0, 0.05) is 0 Å². The summed E-state index contributed by atoms with van der Waals surface area (Å²) in [5.41, 5.74) is -2.87. The Balaban J connectivity index is 5.08. The van der Waals surface area contributed by atoms with Gasteiger partial charge >= 0.3 is 17.9 Å². The fraction of sp³-hybridized carbons (Fsp3) is 0.700. The van der Waals surface area contributed by atoms with Crippen LogP contribution in [-0.2, 0) is 23.9 Å². The first-order valence-electron chi connectivity index (χ1n) is 5.25. The number of carboxylic acids is 1. The highest BCUT2D eigenvalue weighted by Crippen LogP contribution is 2.19. The molecule has 8 nitrogen and oxygen atoms in total. The van der Waals surface area contributed by atoms with Crippen LogP contribution < -0.4 is 0 Å². The number of carboxylic acid groups (broad SMARTS) is 1. The van der Waals surface area contributed by atoms with Crippen molar-refractivity contribution >= 4 is 17.9 Å². The third-order valence-electron chi connectivity index (χ3n) is 2.03. The molecule has 0 fully saturated rings. The van der Waals surface area contributed by atoms with E-state index in [2.05, 4.69) is 9.47 Å². The predicted octanol–water partition coefficient (Wildman–Crippen LogP) is -1.32. The van der Waals surface area contributed by atoms with Gasteiger partial charge in [-0.1, -0.05) is 0 Å². The largest absolute Gasteiger partial charge is 0.479 e. The van der Waals surface area contributed by atoms with Gasteiger partial charge in [0.05, 0.1) is 19.6 Å². The van der Waals surface area contributed by atoms with Gasteiger partial charge in [-0.2, -0.15) is 0 Å². The van der Waals surface area contributed by atoms with E-state index >= 15 is 0 Å². The number of aliphatic carboxylic acids is 1. The lowest BCUT2D eigenvalue weighted by Gasteiger charge is -2.27. The van der Waals surface area contributed by atoms with Crippen molar-refractivity contribution in [1.29, 1.82) is 0 Å². The Morgan fingerprint density at radius 2 is 1.67 bits per heavy atom. The van der Waals surface area contributed by atoms with Crippen LogP contribution in [0.5, 0.6) is 0 Å². The SMILES string of the molecule is CCOC(=O)CC(O)(C(=O)OCC)C(O)C(=O)O. The van der Waals surface area contributed by atoms with E-state index in [1.807, 2.05) is 0 Å². The van der Waals surface area contributed by atoms with Crippen molar-refractivity contribution in [2.75, 3.05) is 13.2 Å². The molecule has 0 aliphatic carbocycles. The minimum atomic E-state index is -2.87. The molecule has 0 saturated carbocycles. The average molecular weight is 264 g/mol. The van der Waals surface area contributed by atoms with Crippen LogP contribution >= 0.6 is 0 Å². The molecule has 18 heavy (non-hydrogen) atoms. The fourth-order valence-corrected chi connectivity index (χ4v) is 1.17. The number of rotatable bonds is 7. The Morgan fingerprint density at radius 3 is 2.06 bits per heavy atom. The van der Waals surface area contributed by atoms with Crippen molar-refractivity contribution in [1.82, 2.24) is 0 Å². The van der Waals surface area contributed by atoms with Crippen molar-refractivity contribution in [3.05, 3.63) is 0 Å². The second-order valence-corrected chi connectivity index (χ2v) is 3.37. The van der Waals surface area contributed by atoms with Gasteiger partial charge in [0.25, 0.3) is 0 Å². The first-order valence-corrected chi connectivity index (χ1v) is 5.25. The van der Waals surface area contributed by atoms with Crippen LogP contribution in [0.1, 0.15) is 20.3 Å². The maximum absolute atomic E-state index is 11.4. The molecule has 0 amide bonds. The zero-order valence-electron chi connectivity index (χ0n) is 10.1. The highest BCUT2D eigenvalue weighted by molar-refractivity contribution is 5.92. The molecule has 0 aromatic rings. The zero-order chi connectivity index (χ0) is 14.3. The molecule has 8 heteroatoms. The van der Waals surface area contributed by atoms with Gasteiger partial charge in [-0.05, 0) is 13.8 Å². The highest BCUT2D eigenvalue weighted by Gasteiger charge is 2.50. The predicted molar refractivity (Wildman–Crippen MR) is 56.5 cm³/mol. The molecule has 2 unspecified atom stereocenters. The van der Waals surface area contributed by atoms with E-state index in [4.69, 9.17) is 5.11 Å². The summed E-state index contributed by atoms with van der Waals surface area (Å²) in [4.78, 5) is 33.3. The third-order valence-corrected chi connectivity index (χ3v) is 2.03. The first-order chi connectivity index (χ1) is 8.29. The minimum Gasteiger partial charge on any atom is -0.479 e. The third kappa shape index (κ3) is 3.97. The van der Waals surface area contributed by atoms with E-state index in [0.29, 0.717) is 0 Å². The molecular weight excluding hydrogens is 248 g/mol. The van der Waals surface area contributed by atoms with Crippen molar-refractivity contribution in [3.63, 3.8) is 0 Å². The molecule has 0 radical (unpaired) electrons. The first kappa shape index (κ1) is 16.3. The fourth-order valence-electron chi connectivity index (χ4n) is 1.17. The monoisotopic (exact) mass is 264 g/mol. The van der Waals surface area contributed by atoms with Crippen LogP contribution in [0.2, 0.25) is 0 Å². The highest BCUT2D eigenvalue weighted by atomic mass is 16.6. The molecule has 2 atom stereocenters. The Kier molecular flexibility index (Phi) is 6.28. The standard InChI is InChI=1S/C10H16O8/c1-3-17-6(11)5-10(16,7(12)8(13)14)9(15)18-4-2/h7,12,16H,3-5H2,1-2H3,(H,13,14). The van der Waals surface area contributed by atoms with E-state index in [9.17, 15) is 24.6 Å². The van der Waals surface area contributed by atoms with Crippen molar-refractivity contribution in [3.8, 4) is 0 Å². The molecule has 104 valence electrons. The van der Waals surface area contributed by atoms with Gasteiger partial charge < -0.3 is 24.8 Å². The second-order valence-electron chi connectivity index (χ2n) is 3.37. The molecule has 0 heterocycles. The van der Waals surface area contributed by atoms with Crippen LogP contribution in [0, 0.1) is 0 Å². The van der Waals surface area contributed by atoms with Crippen LogP contribution in [-0.4, -0.2) is 58.1 Å². The summed E-state index contributed by atoms with van der Waals surface area (Å²) in [6, 6.07) is 0. The summed E-state index contributed by atoms with van der Waals surface area (Å²) in [7, 11) is 0. The number of ether oxygens (including phenoxy) is 2. The Hall–Kier alpha value is -1.67. The number of carbonyl (C=O) groups is 3. The molecule has 0 aliphatic rings. The Morgan fingerprint density at radius 1 is 1.17 bits per heavy atom. The Bertz CT molecular complexity index is 326. The van der Waals surface area contributed by atoms with Crippen molar-refractivity contribution < 1.29 is 39.2 Å². The van der Waals surface area contributed by atoms with Gasteiger partial charge in [-0.25, -0.2) is 9.59 Å². The molecule has 0 saturated heterocycles. The summed E-state index contributed by atoms with van der Waals surface area (Å²) in [6.45, 7) is 2.77. The normalized spacial score (nSPS) is 15.3. The quantitative estimate of drug-likeness (QED) is 0.482. The zero-order valence-corrected chi connectivity index (χ0v) is 10.1. The summed E-state index contributed by atoms with van der Waals surface area (Å²) >= 11 is 0. The molecule has 0 aliphatic heterocycles. The summed E-state index contributed by atoms with van der Waals surface area (Å²) < 4.78 is 8.92. The maximum atomic E-state index is 11.4. The molecule has 0 rings (SSSR count). The summed E-state index contributed by atoms with van der Waals surface area (Å²) in [6.07, 6.45) is -3.49. The van der Waals surface area contributed by atoms with E-state index in [0.717, 1.165) is 0 Å². The molecule has 0 aromatic heterocycles. The van der Waals surface area contributed by atoms with Gasteiger partial charge in [-0.3, -0.25) is 4.79 Å². The van der Waals surface area contributed by atoms with Crippen molar-refractivity contribution in [2.24, 2.45) is 0 Å². The van der Waals surface area contributed by atoms with E-state index in [1.54, 1.807) is 0 Å². The number of hydrogen-bond acceptors (Lipinski definition) is 7. The molecule has 3 N–H and O–H groups in total. The van der Waals surface area contributed by atoms with E-state index < -0.39 is 36.0 Å². The van der Waals surface area contributed by atoms with E-state index in [-0.39, 0.29) is 13.2 Å². The average Bonchev–Trinajstić information content (AvgIpc) is 2.28. The molecule has 0 aromatic carbocycles. The minimum absolute atomic E-state index is 0.0130. The molecular formula is C10H16O8.